The number of halogens is 1. The molecule has 3 N–H and O–H groups in total. The zero-order valence-corrected chi connectivity index (χ0v) is 22.5. The number of nitrogens with zero attached hydrogens (tertiary/aromatic N) is 4. The minimum Gasteiger partial charge on any atom is -0.387 e. The summed E-state index contributed by atoms with van der Waals surface area (Å²) >= 11 is 0. The molecule has 1 aliphatic rings. The van der Waals surface area contributed by atoms with Crippen LogP contribution < -0.4 is 16.6 Å². The highest BCUT2D eigenvalue weighted by Crippen LogP contribution is 2.35. The molecule has 2 amide bonds. The summed E-state index contributed by atoms with van der Waals surface area (Å²) in [6.45, 7) is 7.33. The van der Waals surface area contributed by atoms with Gasteiger partial charge in [-0.05, 0) is 61.2 Å². The molecule has 39 heavy (non-hydrogen) atoms. The van der Waals surface area contributed by atoms with Crippen molar-refractivity contribution in [1.29, 1.82) is 0 Å². The summed E-state index contributed by atoms with van der Waals surface area (Å²) in [4.78, 5) is 44.2. The SMILES string of the molecule is CCCN(CCC)C(=O)C1=Cc2c(F)cc(-c3ccc4c(=O)n(CC(=O)NCC)ncc4c3)cc2N=C(N)C1. The van der Waals surface area contributed by atoms with Crippen molar-refractivity contribution >= 4 is 40.2 Å². The largest absolute Gasteiger partial charge is 0.387 e. The number of aromatic nitrogens is 2. The van der Waals surface area contributed by atoms with Crippen LogP contribution in [0.3, 0.4) is 0 Å². The topological polar surface area (TPSA) is 123 Å². The fourth-order valence-corrected chi connectivity index (χ4v) is 4.68. The maximum Gasteiger partial charge on any atom is 0.275 e. The first-order valence-electron chi connectivity index (χ1n) is 13.2. The van der Waals surface area contributed by atoms with Crippen LogP contribution in [0.4, 0.5) is 10.1 Å². The van der Waals surface area contributed by atoms with Crippen molar-refractivity contribution in [2.75, 3.05) is 19.6 Å². The lowest BCUT2D eigenvalue weighted by Gasteiger charge is -2.22. The molecule has 1 aromatic heterocycles. The molecule has 0 radical (unpaired) electrons. The molecule has 0 fully saturated rings. The van der Waals surface area contributed by atoms with E-state index in [-0.39, 0.29) is 36.2 Å². The van der Waals surface area contributed by atoms with Gasteiger partial charge < -0.3 is 16.0 Å². The van der Waals surface area contributed by atoms with Crippen molar-refractivity contribution in [3.63, 3.8) is 0 Å². The van der Waals surface area contributed by atoms with Gasteiger partial charge in [0.25, 0.3) is 5.56 Å². The first-order valence-corrected chi connectivity index (χ1v) is 13.2. The van der Waals surface area contributed by atoms with Gasteiger partial charge in [0.2, 0.25) is 11.8 Å². The third-order valence-electron chi connectivity index (χ3n) is 6.46. The number of amidine groups is 1. The monoisotopic (exact) mass is 532 g/mol. The average Bonchev–Trinajstić information content (AvgIpc) is 3.08. The molecule has 0 bridgehead atoms. The number of hydrogen-bond donors (Lipinski definition) is 2. The average molecular weight is 533 g/mol. The van der Waals surface area contributed by atoms with Gasteiger partial charge in [0, 0.05) is 42.6 Å². The second kappa shape index (κ2) is 12.0. The molecule has 2 heterocycles. The fourth-order valence-electron chi connectivity index (χ4n) is 4.68. The Kier molecular flexibility index (Phi) is 8.53. The molecule has 3 aromatic rings. The Balaban J connectivity index is 1.71. The number of hydrogen-bond acceptors (Lipinski definition) is 6. The first-order chi connectivity index (χ1) is 18.7. The van der Waals surface area contributed by atoms with Crippen molar-refractivity contribution in [2.24, 2.45) is 10.7 Å². The van der Waals surface area contributed by atoms with Crippen LogP contribution >= 0.6 is 0 Å². The molecule has 2 aromatic carbocycles. The van der Waals surface area contributed by atoms with E-state index in [1.165, 1.54) is 12.3 Å². The standard InChI is InChI=1S/C29H33FN6O3/c1-4-9-35(10-5-2)28(38)20-12-23-24(30)13-19(14-25(23)34-26(31)15-20)18-7-8-22-21(11-18)16-33-36(29(22)39)17-27(37)32-6-3/h7-8,11-14,16H,4-6,9-10,15,17H2,1-3H3,(H2,31,34)(H,32,37). The Morgan fingerprint density at radius 1 is 1.10 bits per heavy atom. The summed E-state index contributed by atoms with van der Waals surface area (Å²) in [6, 6.07) is 8.19. The minimum atomic E-state index is -0.528. The predicted octanol–water partition coefficient (Wildman–Crippen LogP) is 3.76. The van der Waals surface area contributed by atoms with Gasteiger partial charge in [0.1, 0.15) is 18.2 Å². The van der Waals surface area contributed by atoms with Gasteiger partial charge in [-0.25, -0.2) is 14.1 Å². The molecule has 1 aliphatic heterocycles. The van der Waals surface area contributed by atoms with Gasteiger partial charge >= 0.3 is 0 Å². The Labute approximate surface area is 226 Å². The molecule has 0 aliphatic carbocycles. The van der Waals surface area contributed by atoms with Gasteiger partial charge in [-0.15, -0.1) is 0 Å². The zero-order valence-electron chi connectivity index (χ0n) is 22.5. The summed E-state index contributed by atoms with van der Waals surface area (Å²) in [6.07, 6.45) is 4.84. The number of carbonyl (C=O) groups excluding carboxylic acids is 2. The van der Waals surface area contributed by atoms with E-state index >= 15 is 4.39 Å². The second-order valence-corrected chi connectivity index (χ2v) is 9.50. The summed E-state index contributed by atoms with van der Waals surface area (Å²) < 4.78 is 16.6. The summed E-state index contributed by atoms with van der Waals surface area (Å²) in [7, 11) is 0. The number of rotatable bonds is 9. The molecule has 0 saturated heterocycles. The normalized spacial score (nSPS) is 12.8. The van der Waals surface area contributed by atoms with E-state index in [0.717, 1.165) is 17.5 Å². The molecule has 0 spiro atoms. The lowest BCUT2D eigenvalue weighted by Crippen LogP contribution is -2.34. The fraction of sp³-hybridized carbons (Fsp3) is 0.345. The maximum absolute atomic E-state index is 15.5. The highest BCUT2D eigenvalue weighted by Gasteiger charge is 2.23. The van der Waals surface area contributed by atoms with Crippen LogP contribution in [0.2, 0.25) is 0 Å². The Hall–Kier alpha value is -4.34. The Morgan fingerprint density at radius 3 is 2.54 bits per heavy atom. The van der Waals surface area contributed by atoms with Crippen molar-refractivity contribution in [3.8, 4) is 11.1 Å². The quantitative estimate of drug-likeness (QED) is 0.434. The molecular weight excluding hydrogens is 499 g/mol. The van der Waals surface area contributed by atoms with Crippen LogP contribution in [-0.4, -0.2) is 52.0 Å². The van der Waals surface area contributed by atoms with E-state index in [0.29, 0.717) is 52.8 Å². The van der Waals surface area contributed by atoms with Crippen LogP contribution in [0.1, 0.15) is 45.6 Å². The van der Waals surface area contributed by atoms with E-state index in [9.17, 15) is 14.4 Å². The smallest absolute Gasteiger partial charge is 0.275 e. The maximum atomic E-state index is 15.5. The van der Waals surface area contributed by atoms with Crippen molar-refractivity contribution < 1.29 is 14.0 Å². The van der Waals surface area contributed by atoms with E-state index in [4.69, 9.17) is 5.73 Å². The van der Waals surface area contributed by atoms with Crippen LogP contribution in [0, 0.1) is 5.82 Å². The number of benzene rings is 2. The highest BCUT2D eigenvalue weighted by molar-refractivity contribution is 6.05. The third-order valence-corrected chi connectivity index (χ3v) is 6.46. The number of likely N-dealkylation sites (N-methyl/N-ethyl adjacent to an activating group) is 1. The summed E-state index contributed by atoms with van der Waals surface area (Å²) in [5, 5.41) is 7.72. The number of carbonyl (C=O) groups is 2. The van der Waals surface area contributed by atoms with Crippen molar-refractivity contribution in [2.45, 2.75) is 46.6 Å². The Morgan fingerprint density at radius 2 is 1.85 bits per heavy atom. The molecule has 4 rings (SSSR count). The minimum absolute atomic E-state index is 0.135. The first kappa shape index (κ1) is 27.7. The molecule has 204 valence electrons. The van der Waals surface area contributed by atoms with Crippen LogP contribution in [-0.2, 0) is 16.1 Å². The second-order valence-electron chi connectivity index (χ2n) is 9.50. The predicted molar refractivity (Wildman–Crippen MR) is 151 cm³/mol. The molecule has 10 heteroatoms. The summed E-state index contributed by atoms with van der Waals surface area (Å²) in [5.41, 5.74) is 7.92. The number of aliphatic imine (C=N–C) groups is 1. The molecule has 0 saturated carbocycles. The molecule has 0 atom stereocenters. The summed E-state index contributed by atoms with van der Waals surface area (Å²) in [5.74, 6) is -0.758. The zero-order chi connectivity index (χ0) is 28.1. The van der Waals surface area contributed by atoms with Crippen LogP contribution in [0.5, 0.6) is 0 Å². The number of fused-ring (bicyclic) bond motifs is 2. The number of nitrogens with two attached hydrogens (primary N) is 1. The van der Waals surface area contributed by atoms with Gasteiger partial charge in [-0.3, -0.25) is 14.4 Å². The lowest BCUT2D eigenvalue weighted by molar-refractivity contribution is -0.127. The Bertz CT molecular complexity index is 1540. The molecule has 0 unspecified atom stereocenters. The van der Waals surface area contributed by atoms with Crippen molar-refractivity contribution in [3.05, 3.63) is 63.8 Å². The lowest BCUT2D eigenvalue weighted by atomic mass is 9.98. The molecule has 9 nitrogen and oxygen atoms in total. The van der Waals surface area contributed by atoms with E-state index in [1.807, 2.05) is 13.8 Å². The van der Waals surface area contributed by atoms with Gasteiger partial charge in [-0.2, -0.15) is 5.10 Å². The number of amides is 2. The third kappa shape index (κ3) is 6.05. The van der Waals surface area contributed by atoms with Crippen LogP contribution in [0.15, 0.2) is 51.9 Å². The van der Waals surface area contributed by atoms with E-state index < -0.39 is 11.4 Å². The van der Waals surface area contributed by atoms with Crippen LogP contribution in [0.25, 0.3) is 28.0 Å². The number of nitrogens with one attached hydrogen (secondary N) is 1. The van der Waals surface area contributed by atoms with Gasteiger partial charge in [-0.1, -0.05) is 19.9 Å². The van der Waals surface area contributed by atoms with E-state index in [1.54, 1.807) is 42.2 Å². The van der Waals surface area contributed by atoms with Gasteiger partial charge in [0.05, 0.1) is 17.3 Å². The molecular formula is C29H33FN6O3. The highest BCUT2D eigenvalue weighted by atomic mass is 19.1. The van der Waals surface area contributed by atoms with Gasteiger partial charge in [0.15, 0.2) is 0 Å². The van der Waals surface area contributed by atoms with E-state index in [2.05, 4.69) is 15.4 Å². The van der Waals surface area contributed by atoms with Crippen molar-refractivity contribution in [1.82, 2.24) is 20.0 Å².